The van der Waals surface area contributed by atoms with Crippen LogP contribution >= 0.6 is 11.6 Å². The van der Waals surface area contributed by atoms with E-state index in [2.05, 4.69) is 21.6 Å². The second kappa shape index (κ2) is 11.7. The van der Waals surface area contributed by atoms with Crippen molar-refractivity contribution in [3.63, 3.8) is 0 Å². The van der Waals surface area contributed by atoms with Gasteiger partial charge in [-0.25, -0.2) is 4.98 Å². The Bertz CT molecular complexity index is 1560. The second-order valence-electron chi connectivity index (χ2n) is 9.93. The smallest absolute Gasteiger partial charge is 0.416 e. The lowest BCUT2D eigenvalue weighted by molar-refractivity contribution is -0.137. The van der Waals surface area contributed by atoms with E-state index in [4.69, 9.17) is 16.6 Å². The third kappa shape index (κ3) is 6.32. The minimum absolute atomic E-state index is 0.0527. The summed E-state index contributed by atoms with van der Waals surface area (Å²) in [5.41, 5.74) is 4.57. The molecule has 1 aromatic heterocycles. The van der Waals surface area contributed by atoms with Gasteiger partial charge in [0.15, 0.2) is 0 Å². The highest BCUT2D eigenvalue weighted by Crippen LogP contribution is 2.33. The monoisotopic (exact) mass is 563 g/mol. The maximum absolute atomic E-state index is 13.5. The first kappa shape index (κ1) is 27.7. The van der Waals surface area contributed by atoms with Crippen LogP contribution in [-0.4, -0.2) is 19.6 Å². The van der Waals surface area contributed by atoms with Gasteiger partial charge >= 0.3 is 6.18 Å². The molecule has 1 aliphatic rings. The number of phenolic OH excluding ortho intramolecular Hbond substituents is 1. The molecule has 0 spiro atoms. The number of imidazole rings is 1. The number of hydrogen-bond acceptors (Lipinski definition) is 3. The highest BCUT2D eigenvalue weighted by atomic mass is 35.5. The summed E-state index contributed by atoms with van der Waals surface area (Å²) in [6, 6.07) is 20.1. The minimum Gasteiger partial charge on any atom is -0.508 e. The molecule has 0 bridgehead atoms. The molecule has 0 atom stereocenters. The number of alkyl halides is 3. The highest BCUT2D eigenvalue weighted by Gasteiger charge is 2.30. The molecule has 1 N–H and O–H groups in total. The molecule has 4 aromatic rings. The van der Waals surface area contributed by atoms with Gasteiger partial charge in [0, 0.05) is 37.3 Å². The zero-order valence-corrected chi connectivity index (χ0v) is 22.8. The molecule has 5 rings (SSSR count). The highest BCUT2D eigenvalue weighted by molar-refractivity contribution is 6.31. The van der Waals surface area contributed by atoms with Crippen LogP contribution in [0.3, 0.4) is 0 Å². The van der Waals surface area contributed by atoms with Gasteiger partial charge in [0.1, 0.15) is 11.6 Å². The molecule has 0 aliphatic heterocycles. The SMILES string of the molecule is Cn1c(-c2ccccc2)nc(C2=CC=CCC2)c1CN(Cc1cccc(C(F)(F)F)c1)Cc1ccc(O)cc1Cl. The zero-order chi connectivity index (χ0) is 28.3. The first-order chi connectivity index (χ1) is 19.2. The molecule has 0 saturated heterocycles. The van der Waals surface area contributed by atoms with Crippen molar-refractivity contribution in [2.24, 2.45) is 7.05 Å². The number of phenols is 1. The summed E-state index contributed by atoms with van der Waals surface area (Å²) in [6.07, 6.45) is 3.58. The van der Waals surface area contributed by atoms with Crippen LogP contribution in [0, 0.1) is 0 Å². The van der Waals surface area contributed by atoms with E-state index in [9.17, 15) is 18.3 Å². The maximum Gasteiger partial charge on any atom is 0.416 e. The van der Waals surface area contributed by atoms with E-state index in [1.165, 1.54) is 18.2 Å². The van der Waals surface area contributed by atoms with Crippen LogP contribution in [0.5, 0.6) is 5.75 Å². The van der Waals surface area contributed by atoms with Crippen molar-refractivity contribution in [3.8, 4) is 17.1 Å². The molecule has 1 aliphatic carbocycles. The number of aromatic hydroxyl groups is 1. The molecule has 8 heteroatoms. The number of nitrogens with zero attached hydrogens (tertiary/aromatic N) is 3. The van der Waals surface area contributed by atoms with E-state index in [0.717, 1.165) is 52.8 Å². The van der Waals surface area contributed by atoms with Crippen molar-refractivity contribution in [1.82, 2.24) is 14.5 Å². The number of allylic oxidation sites excluding steroid dienone is 4. The molecule has 206 valence electrons. The van der Waals surface area contributed by atoms with Crippen LogP contribution in [0.2, 0.25) is 5.02 Å². The molecule has 3 aromatic carbocycles. The molecule has 0 unspecified atom stereocenters. The summed E-state index contributed by atoms with van der Waals surface area (Å²) < 4.78 is 42.5. The third-order valence-electron chi connectivity index (χ3n) is 7.03. The predicted octanol–water partition coefficient (Wildman–Crippen LogP) is 8.40. The van der Waals surface area contributed by atoms with Gasteiger partial charge in [0.25, 0.3) is 0 Å². The molecule has 0 radical (unpaired) electrons. The molecule has 1 heterocycles. The largest absolute Gasteiger partial charge is 0.508 e. The fraction of sp³-hybridized carbons (Fsp3) is 0.219. The summed E-state index contributed by atoms with van der Waals surface area (Å²) in [4.78, 5) is 7.13. The van der Waals surface area contributed by atoms with E-state index >= 15 is 0 Å². The number of halogens is 4. The molecule has 0 saturated carbocycles. The van der Waals surface area contributed by atoms with E-state index in [-0.39, 0.29) is 12.3 Å². The van der Waals surface area contributed by atoms with Gasteiger partial charge in [-0.1, -0.05) is 84.4 Å². The molecule has 0 fully saturated rings. The summed E-state index contributed by atoms with van der Waals surface area (Å²) in [7, 11) is 1.98. The van der Waals surface area contributed by atoms with Gasteiger partial charge in [-0.3, -0.25) is 4.90 Å². The fourth-order valence-corrected chi connectivity index (χ4v) is 5.24. The first-order valence-electron chi connectivity index (χ1n) is 13.0. The molecular weight excluding hydrogens is 535 g/mol. The van der Waals surface area contributed by atoms with Crippen molar-refractivity contribution >= 4 is 17.2 Å². The Kier molecular flexibility index (Phi) is 8.14. The number of aromatic nitrogens is 2. The van der Waals surface area contributed by atoms with Gasteiger partial charge < -0.3 is 9.67 Å². The van der Waals surface area contributed by atoms with Crippen molar-refractivity contribution in [1.29, 1.82) is 0 Å². The van der Waals surface area contributed by atoms with Gasteiger partial charge in [0.05, 0.1) is 17.0 Å². The van der Waals surface area contributed by atoms with Crippen LogP contribution in [0.1, 0.15) is 40.9 Å². The summed E-state index contributed by atoms with van der Waals surface area (Å²) in [6.45, 7) is 1.03. The Labute approximate surface area is 236 Å². The quantitative estimate of drug-likeness (QED) is 0.234. The summed E-state index contributed by atoms with van der Waals surface area (Å²) in [5, 5.41) is 10.2. The van der Waals surface area contributed by atoms with E-state index in [1.54, 1.807) is 18.2 Å². The molecular formula is C32H29ClF3N3O. The Morgan fingerprint density at radius 3 is 2.48 bits per heavy atom. The average Bonchev–Trinajstić information content (AvgIpc) is 3.26. The Morgan fingerprint density at radius 1 is 0.975 bits per heavy atom. The molecule has 40 heavy (non-hydrogen) atoms. The van der Waals surface area contributed by atoms with Gasteiger partial charge in [-0.15, -0.1) is 0 Å². The summed E-state index contributed by atoms with van der Waals surface area (Å²) >= 11 is 6.46. The Morgan fingerprint density at radius 2 is 1.77 bits per heavy atom. The van der Waals surface area contributed by atoms with E-state index in [1.807, 2.05) is 43.5 Å². The van der Waals surface area contributed by atoms with Crippen molar-refractivity contribution in [2.45, 2.75) is 38.7 Å². The predicted molar refractivity (Wildman–Crippen MR) is 153 cm³/mol. The van der Waals surface area contributed by atoms with Crippen LogP contribution in [0.15, 0.2) is 91.0 Å². The van der Waals surface area contributed by atoms with Crippen molar-refractivity contribution < 1.29 is 18.3 Å². The van der Waals surface area contributed by atoms with Crippen LogP contribution in [0.4, 0.5) is 13.2 Å². The fourth-order valence-electron chi connectivity index (χ4n) is 5.00. The van der Waals surface area contributed by atoms with Gasteiger partial charge in [-0.05, 0) is 47.7 Å². The summed E-state index contributed by atoms with van der Waals surface area (Å²) in [5.74, 6) is 0.875. The van der Waals surface area contributed by atoms with Crippen molar-refractivity contribution in [2.75, 3.05) is 0 Å². The average molecular weight is 564 g/mol. The number of rotatable bonds is 8. The lowest BCUT2D eigenvalue weighted by Crippen LogP contribution is -2.25. The topological polar surface area (TPSA) is 41.3 Å². The standard InChI is InChI=1S/C32H29ClF3N3O/c1-38-29(30(23-10-4-2-5-11-23)37-31(38)24-12-6-3-7-13-24)21-39(20-25-15-16-27(40)18-28(25)33)19-22-9-8-14-26(17-22)32(34,35)36/h2-4,6-10,12-18,40H,5,11,19-21H2,1H3. The van der Waals surface area contributed by atoms with E-state index < -0.39 is 11.7 Å². The maximum atomic E-state index is 13.5. The number of benzene rings is 3. The molecule has 0 amide bonds. The van der Waals surface area contributed by atoms with Crippen LogP contribution < -0.4 is 0 Å². The first-order valence-corrected chi connectivity index (χ1v) is 13.4. The minimum atomic E-state index is -4.43. The van der Waals surface area contributed by atoms with Gasteiger partial charge in [0.2, 0.25) is 0 Å². The van der Waals surface area contributed by atoms with Gasteiger partial charge in [-0.2, -0.15) is 13.2 Å². The lowest BCUT2D eigenvalue weighted by atomic mass is 10.0. The zero-order valence-electron chi connectivity index (χ0n) is 22.0. The number of hydrogen-bond donors (Lipinski definition) is 1. The van der Waals surface area contributed by atoms with Crippen molar-refractivity contribution in [3.05, 3.63) is 124 Å². The Balaban J connectivity index is 1.57. The lowest BCUT2D eigenvalue weighted by Gasteiger charge is -2.25. The second-order valence-corrected chi connectivity index (χ2v) is 10.3. The van der Waals surface area contributed by atoms with E-state index in [0.29, 0.717) is 23.7 Å². The third-order valence-corrected chi connectivity index (χ3v) is 7.38. The normalized spacial score (nSPS) is 13.6. The van der Waals surface area contributed by atoms with Crippen LogP contribution in [-0.2, 0) is 32.9 Å². The van der Waals surface area contributed by atoms with Crippen LogP contribution in [0.25, 0.3) is 17.0 Å². The molecule has 4 nitrogen and oxygen atoms in total. The Hall–Kier alpha value is -3.81.